The summed E-state index contributed by atoms with van der Waals surface area (Å²) in [6, 6.07) is 9.93. The summed E-state index contributed by atoms with van der Waals surface area (Å²) in [5.41, 5.74) is 1.89. The Bertz CT molecular complexity index is 740. The van der Waals surface area contributed by atoms with Gasteiger partial charge in [-0.25, -0.2) is 0 Å². The van der Waals surface area contributed by atoms with Crippen molar-refractivity contribution in [3.63, 3.8) is 0 Å². The molecule has 1 fully saturated rings. The fourth-order valence-corrected chi connectivity index (χ4v) is 4.09. The fraction of sp³-hybridized carbons (Fsp3) is 0.545. The van der Waals surface area contributed by atoms with Gasteiger partial charge in [-0.3, -0.25) is 4.79 Å². The number of carbonyl (C=O) groups is 1. The van der Waals surface area contributed by atoms with Crippen molar-refractivity contribution in [2.24, 2.45) is 0 Å². The molecule has 0 spiro atoms. The highest BCUT2D eigenvalue weighted by Crippen LogP contribution is 2.28. The molecule has 1 aromatic rings. The maximum atomic E-state index is 12.6. The van der Waals surface area contributed by atoms with E-state index >= 15 is 0 Å². The molecule has 0 radical (unpaired) electrons. The van der Waals surface area contributed by atoms with Gasteiger partial charge in [0.25, 0.3) is 5.91 Å². The second-order valence-electron chi connectivity index (χ2n) is 9.03. The Kier molecular flexibility index (Phi) is 6.33. The van der Waals surface area contributed by atoms with Crippen molar-refractivity contribution in [2.75, 3.05) is 5.32 Å². The number of benzene rings is 1. The molecule has 3 N–H and O–H groups in total. The van der Waals surface area contributed by atoms with Gasteiger partial charge in [-0.15, -0.1) is 0 Å². The second-order valence-corrected chi connectivity index (χ2v) is 9.03. The van der Waals surface area contributed by atoms with Crippen LogP contribution in [0.4, 0.5) is 5.69 Å². The summed E-state index contributed by atoms with van der Waals surface area (Å²) in [4.78, 5) is 12.6. The molecule has 1 heterocycles. The maximum Gasteiger partial charge on any atom is 0.267 e. The Hall–Kier alpha value is -2.32. The van der Waals surface area contributed by atoms with E-state index in [1.807, 2.05) is 30.3 Å². The van der Waals surface area contributed by atoms with Crippen LogP contribution in [-0.4, -0.2) is 23.0 Å². The van der Waals surface area contributed by atoms with E-state index in [1.54, 1.807) is 6.20 Å². The second kappa shape index (κ2) is 8.14. The van der Waals surface area contributed by atoms with Crippen LogP contribution in [0.5, 0.6) is 0 Å². The number of hydrogen-bond acceptors (Lipinski definition) is 4. The van der Waals surface area contributed by atoms with Crippen LogP contribution in [0.25, 0.3) is 0 Å². The first-order chi connectivity index (χ1) is 12.5. The van der Waals surface area contributed by atoms with Crippen molar-refractivity contribution in [1.82, 2.24) is 10.6 Å². The first kappa shape index (κ1) is 21.0. The molecule has 27 heavy (non-hydrogen) atoms. The lowest BCUT2D eigenvalue weighted by Gasteiger charge is -2.46. The summed E-state index contributed by atoms with van der Waals surface area (Å²) in [6.45, 7) is 12.8. The molecule has 0 saturated carbocycles. The summed E-state index contributed by atoms with van der Waals surface area (Å²) >= 11 is 0. The lowest BCUT2D eigenvalue weighted by molar-refractivity contribution is -0.112. The molecular formula is C22H32N4O. The smallest absolute Gasteiger partial charge is 0.267 e. The Morgan fingerprint density at radius 3 is 2.37 bits per heavy atom. The molecule has 0 aliphatic carbocycles. The minimum atomic E-state index is -0.384. The zero-order valence-corrected chi connectivity index (χ0v) is 17.3. The van der Waals surface area contributed by atoms with Crippen molar-refractivity contribution in [3.05, 3.63) is 41.6 Å². The minimum Gasteiger partial charge on any atom is -0.387 e. The Morgan fingerprint density at radius 1 is 1.22 bits per heavy atom. The molecule has 1 aliphatic heterocycles. The molecule has 0 aromatic heterocycles. The van der Waals surface area contributed by atoms with Crippen LogP contribution in [0.1, 0.15) is 65.9 Å². The summed E-state index contributed by atoms with van der Waals surface area (Å²) in [5, 5.41) is 19.3. The Balaban J connectivity index is 2.10. The molecule has 0 bridgehead atoms. The van der Waals surface area contributed by atoms with E-state index in [0.29, 0.717) is 0 Å². The number of anilines is 1. The quantitative estimate of drug-likeness (QED) is 0.541. The van der Waals surface area contributed by atoms with Crippen LogP contribution in [0.3, 0.4) is 0 Å². The number of piperidine rings is 1. The number of nitrogens with zero attached hydrogens (tertiary/aromatic N) is 1. The van der Waals surface area contributed by atoms with Crippen LogP contribution in [0.15, 0.2) is 36.0 Å². The molecule has 146 valence electrons. The van der Waals surface area contributed by atoms with Gasteiger partial charge in [0.05, 0.1) is 0 Å². The Morgan fingerprint density at radius 2 is 1.81 bits per heavy atom. The van der Waals surface area contributed by atoms with E-state index in [-0.39, 0.29) is 34.5 Å². The van der Waals surface area contributed by atoms with Crippen molar-refractivity contribution in [3.8, 4) is 6.07 Å². The summed E-state index contributed by atoms with van der Waals surface area (Å²) < 4.78 is 0. The SMILES string of the molecule is CC(C)c1ccccc1NC(=O)/C(C#N)=C\NC1CC(C)(C)NC(C)(C)C1. The van der Waals surface area contributed by atoms with E-state index in [0.717, 1.165) is 24.1 Å². The molecule has 0 atom stereocenters. The van der Waals surface area contributed by atoms with Gasteiger partial charge in [0.15, 0.2) is 0 Å². The predicted molar refractivity (Wildman–Crippen MR) is 110 cm³/mol. The fourth-order valence-electron chi connectivity index (χ4n) is 4.09. The van der Waals surface area contributed by atoms with Crippen molar-refractivity contribution >= 4 is 11.6 Å². The third-order valence-electron chi connectivity index (χ3n) is 4.85. The normalized spacial score (nSPS) is 19.4. The van der Waals surface area contributed by atoms with Gasteiger partial charge < -0.3 is 16.0 Å². The zero-order chi connectivity index (χ0) is 20.2. The first-order valence-corrected chi connectivity index (χ1v) is 9.59. The van der Waals surface area contributed by atoms with Crippen LogP contribution >= 0.6 is 0 Å². The average Bonchev–Trinajstić information content (AvgIpc) is 2.52. The molecule has 0 unspecified atom stereocenters. The highest BCUT2D eigenvalue weighted by molar-refractivity contribution is 6.06. The number of carbonyl (C=O) groups excluding carboxylic acids is 1. The lowest BCUT2D eigenvalue weighted by atomic mass is 9.80. The molecule has 1 amide bonds. The van der Waals surface area contributed by atoms with Gasteiger partial charge >= 0.3 is 0 Å². The third-order valence-corrected chi connectivity index (χ3v) is 4.85. The van der Waals surface area contributed by atoms with Crippen molar-refractivity contribution in [1.29, 1.82) is 5.26 Å². The predicted octanol–water partition coefficient (Wildman–Crippen LogP) is 4.05. The summed E-state index contributed by atoms with van der Waals surface area (Å²) in [5.74, 6) is -0.0982. The molecule has 2 rings (SSSR count). The number of rotatable bonds is 5. The number of hydrogen-bond donors (Lipinski definition) is 3. The maximum absolute atomic E-state index is 12.6. The van der Waals surface area contributed by atoms with Gasteiger partial charge in [-0.1, -0.05) is 32.0 Å². The van der Waals surface area contributed by atoms with Gasteiger partial charge in [-0.05, 0) is 58.1 Å². The molecule has 1 aliphatic rings. The standard InChI is InChI=1S/C22H32N4O/c1-15(2)18-9-7-8-10-19(18)25-20(27)16(13-23)14-24-17-11-21(3,4)26-22(5,6)12-17/h7-10,14-15,17,24,26H,11-12H2,1-6H3,(H,25,27)/b16-14-. The van der Waals surface area contributed by atoms with E-state index in [9.17, 15) is 10.1 Å². The molecule has 5 heteroatoms. The van der Waals surface area contributed by atoms with E-state index in [4.69, 9.17) is 0 Å². The number of nitriles is 1. The van der Waals surface area contributed by atoms with Crippen LogP contribution in [0.2, 0.25) is 0 Å². The third kappa shape index (κ3) is 5.83. The van der Waals surface area contributed by atoms with Crippen LogP contribution < -0.4 is 16.0 Å². The highest BCUT2D eigenvalue weighted by Gasteiger charge is 2.37. The van der Waals surface area contributed by atoms with Gasteiger partial charge in [0, 0.05) is 29.0 Å². The summed E-state index contributed by atoms with van der Waals surface area (Å²) in [7, 11) is 0. The van der Waals surface area contributed by atoms with Gasteiger partial charge in [0.1, 0.15) is 11.6 Å². The zero-order valence-electron chi connectivity index (χ0n) is 17.3. The van der Waals surface area contributed by atoms with Gasteiger partial charge in [-0.2, -0.15) is 5.26 Å². The largest absolute Gasteiger partial charge is 0.387 e. The van der Waals surface area contributed by atoms with Crippen molar-refractivity contribution < 1.29 is 4.79 Å². The number of nitrogens with one attached hydrogen (secondary N) is 3. The minimum absolute atomic E-state index is 0.00146. The van der Waals surface area contributed by atoms with Crippen LogP contribution in [-0.2, 0) is 4.79 Å². The molecule has 1 saturated heterocycles. The van der Waals surface area contributed by atoms with Gasteiger partial charge in [0.2, 0.25) is 0 Å². The highest BCUT2D eigenvalue weighted by atomic mass is 16.1. The molecule has 1 aromatic carbocycles. The topological polar surface area (TPSA) is 77.0 Å². The molecular weight excluding hydrogens is 336 g/mol. The summed E-state index contributed by atoms with van der Waals surface area (Å²) in [6.07, 6.45) is 3.41. The number of para-hydroxylation sites is 1. The molecule has 5 nitrogen and oxygen atoms in total. The average molecular weight is 369 g/mol. The van der Waals surface area contributed by atoms with E-state index < -0.39 is 0 Å². The Labute approximate surface area is 163 Å². The van der Waals surface area contributed by atoms with Crippen LogP contribution in [0, 0.1) is 11.3 Å². The first-order valence-electron chi connectivity index (χ1n) is 9.59. The monoisotopic (exact) mass is 368 g/mol. The lowest BCUT2D eigenvalue weighted by Crippen LogP contribution is -2.61. The van der Waals surface area contributed by atoms with E-state index in [1.165, 1.54) is 0 Å². The van der Waals surface area contributed by atoms with E-state index in [2.05, 4.69) is 57.5 Å². The number of amides is 1. The van der Waals surface area contributed by atoms with Crippen molar-refractivity contribution in [2.45, 2.75) is 77.4 Å².